The smallest absolute Gasteiger partial charge is 0.227 e. The zero-order chi connectivity index (χ0) is 23.6. The predicted octanol–water partition coefficient (Wildman–Crippen LogP) is 6.23. The van der Waals surface area contributed by atoms with Crippen LogP contribution in [0, 0.1) is 11.3 Å². The summed E-state index contributed by atoms with van der Waals surface area (Å²) in [6, 6.07) is 15.4. The number of nitrogens with zero attached hydrogens (tertiary/aromatic N) is 2. The number of hydrogen-bond donors (Lipinski definition) is 1. The summed E-state index contributed by atoms with van der Waals surface area (Å²) in [5, 5.41) is 11.5. The Morgan fingerprint density at radius 1 is 1.15 bits per heavy atom. The van der Waals surface area contributed by atoms with Crippen LogP contribution in [0.25, 0.3) is 0 Å². The van der Waals surface area contributed by atoms with E-state index in [1.54, 1.807) is 7.11 Å². The Labute approximate surface area is 197 Å². The number of aliphatic hydroxyl groups excluding tert-OH is 1. The summed E-state index contributed by atoms with van der Waals surface area (Å²) in [5.41, 5.74) is 3.42. The maximum Gasteiger partial charge on any atom is 0.227 e. The zero-order valence-electron chi connectivity index (χ0n) is 20.3. The van der Waals surface area contributed by atoms with E-state index in [0.29, 0.717) is 12.8 Å². The Bertz CT molecular complexity index is 1030. The van der Waals surface area contributed by atoms with Crippen LogP contribution in [0.5, 0.6) is 5.75 Å². The number of fused-ring (bicyclic) bond motifs is 2. The Balaban J connectivity index is 1.92. The molecular weight excluding hydrogens is 412 g/mol. The lowest BCUT2D eigenvalue weighted by atomic mass is 9.67. The number of methoxy groups -OCH3 is 1. The van der Waals surface area contributed by atoms with Crippen molar-refractivity contribution in [2.45, 2.75) is 71.4 Å². The number of benzene rings is 2. The molecular formula is C28H36N2O3. The van der Waals surface area contributed by atoms with E-state index >= 15 is 0 Å². The van der Waals surface area contributed by atoms with Gasteiger partial charge in [0.15, 0.2) is 0 Å². The van der Waals surface area contributed by atoms with Crippen molar-refractivity contribution in [2.75, 3.05) is 12.0 Å². The van der Waals surface area contributed by atoms with Crippen LogP contribution in [0.1, 0.15) is 70.9 Å². The van der Waals surface area contributed by atoms with Crippen LogP contribution in [-0.4, -0.2) is 29.9 Å². The molecule has 3 atom stereocenters. The molecule has 176 valence electrons. The second-order valence-corrected chi connectivity index (χ2v) is 10.1. The Morgan fingerprint density at radius 2 is 1.88 bits per heavy atom. The van der Waals surface area contributed by atoms with E-state index in [1.165, 1.54) is 0 Å². The summed E-state index contributed by atoms with van der Waals surface area (Å²) in [6.45, 7) is 6.50. The molecule has 1 saturated carbocycles. The summed E-state index contributed by atoms with van der Waals surface area (Å²) in [7, 11) is 1.66. The highest BCUT2D eigenvalue weighted by Crippen LogP contribution is 2.51. The van der Waals surface area contributed by atoms with Crippen molar-refractivity contribution in [1.29, 1.82) is 0 Å². The van der Waals surface area contributed by atoms with E-state index in [4.69, 9.17) is 9.73 Å². The van der Waals surface area contributed by atoms with E-state index in [0.717, 1.165) is 54.1 Å². The first-order valence-corrected chi connectivity index (χ1v) is 12.2. The van der Waals surface area contributed by atoms with Gasteiger partial charge in [-0.2, -0.15) is 0 Å². The molecule has 5 nitrogen and oxygen atoms in total. The van der Waals surface area contributed by atoms with Gasteiger partial charge in [-0.3, -0.25) is 9.79 Å². The molecule has 0 unspecified atom stereocenters. The van der Waals surface area contributed by atoms with Gasteiger partial charge < -0.3 is 14.7 Å². The van der Waals surface area contributed by atoms with E-state index in [2.05, 4.69) is 20.8 Å². The fourth-order valence-corrected chi connectivity index (χ4v) is 5.51. The lowest BCUT2D eigenvalue weighted by Crippen LogP contribution is -2.49. The molecule has 1 N–H and O–H groups in total. The molecule has 1 fully saturated rings. The van der Waals surface area contributed by atoms with Gasteiger partial charge in [0.2, 0.25) is 5.91 Å². The largest absolute Gasteiger partial charge is 0.496 e. The van der Waals surface area contributed by atoms with Gasteiger partial charge in [-0.1, -0.05) is 63.9 Å². The van der Waals surface area contributed by atoms with Gasteiger partial charge in [0.05, 0.1) is 30.6 Å². The standard InChI is InChI=1S/C28H36N2O3/c1-5-6-7-16-25(32)30-22-14-10-9-13-20(22)29-21-17-28(2,3)18-23(31)26(21)27(30)19-12-8-11-15-24(19)33-4/h8-15,23,26-27,31H,5-7,16-18H2,1-4H3/t23-,26+,27+/m1/s1. The maximum absolute atomic E-state index is 13.8. The maximum atomic E-state index is 13.8. The number of aliphatic hydroxyl groups is 1. The van der Waals surface area contributed by atoms with Crippen molar-refractivity contribution in [3.8, 4) is 5.75 Å². The summed E-state index contributed by atoms with van der Waals surface area (Å²) in [4.78, 5) is 20.8. The van der Waals surface area contributed by atoms with Crippen molar-refractivity contribution in [3.63, 3.8) is 0 Å². The zero-order valence-corrected chi connectivity index (χ0v) is 20.3. The third kappa shape index (κ3) is 4.70. The van der Waals surface area contributed by atoms with Crippen LogP contribution < -0.4 is 9.64 Å². The van der Waals surface area contributed by atoms with Crippen LogP contribution in [0.3, 0.4) is 0 Å². The van der Waals surface area contributed by atoms with Gasteiger partial charge in [-0.15, -0.1) is 0 Å². The van der Waals surface area contributed by atoms with Gasteiger partial charge in [-0.25, -0.2) is 0 Å². The van der Waals surface area contributed by atoms with Gasteiger partial charge in [0.25, 0.3) is 0 Å². The lowest BCUT2D eigenvalue weighted by Gasteiger charge is -2.45. The quantitative estimate of drug-likeness (QED) is 0.533. The lowest BCUT2D eigenvalue weighted by molar-refractivity contribution is -0.119. The second-order valence-electron chi connectivity index (χ2n) is 10.1. The first-order valence-electron chi connectivity index (χ1n) is 12.2. The predicted molar refractivity (Wildman–Crippen MR) is 133 cm³/mol. The number of aliphatic imine (C=N–C) groups is 1. The number of para-hydroxylation sites is 3. The molecule has 5 heteroatoms. The Hall–Kier alpha value is -2.66. The molecule has 1 aliphatic carbocycles. The van der Waals surface area contributed by atoms with Crippen LogP contribution in [0.15, 0.2) is 53.5 Å². The molecule has 0 aromatic heterocycles. The summed E-state index contributed by atoms with van der Waals surface area (Å²) >= 11 is 0. The fraction of sp³-hybridized carbons (Fsp3) is 0.500. The van der Waals surface area contributed by atoms with Crippen molar-refractivity contribution >= 4 is 23.0 Å². The minimum Gasteiger partial charge on any atom is -0.496 e. The van der Waals surface area contributed by atoms with Gasteiger partial charge in [-0.05, 0) is 42.9 Å². The SMILES string of the molecule is CCCCCC(=O)N1c2ccccc2N=C2CC(C)(C)C[C@@H](O)[C@H]2[C@@H]1c1ccccc1OC. The van der Waals surface area contributed by atoms with Crippen LogP contribution >= 0.6 is 0 Å². The number of carbonyl (C=O) groups is 1. The number of amides is 1. The van der Waals surface area contributed by atoms with E-state index in [9.17, 15) is 9.90 Å². The van der Waals surface area contributed by atoms with Crippen LogP contribution in [0.2, 0.25) is 0 Å². The van der Waals surface area contributed by atoms with Crippen molar-refractivity contribution < 1.29 is 14.6 Å². The number of carbonyl (C=O) groups excluding carboxylic acids is 1. The van der Waals surface area contributed by atoms with Gasteiger partial charge in [0, 0.05) is 23.6 Å². The molecule has 1 aliphatic heterocycles. The minimum absolute atomic E-state index is 0.0602. The molecule has 0 saturated heterocycles. The highest BCUT2D eigenvalue weighted by Gasteiger charge is 2.48. The highest BCUT2D eigenvalue weighted by atomic mass is 16.5. The molecule has 1 heterocycles. The number of unbranched alkanes of at least 4 members (excludes halogenated alkanes) is 2. The normalized spacial score (nSPS) is 23.7. The molecule has 1 amide bonds. The summed E-state index contributed by atoms with van der Waals surface area (Å²) < 4.78 is 5.75. The summed E-state index contributed by atoms with van der Waals surface area (Å²) in [6.07, 6.45) is 4.23. The number of rotatable bonds is 6. The van der Waals surface area contributed by atoms with Crippen LogP contribution in [0.4, 0.5) is 11.4 Å². The molecule has 0 spiro atoms. The van der Waals surface area contributed by atoms with Crippen molar-refractivity contribution in [2.24, 2.45) is 16.3 Å². The van der Waals surface area contributed by atoms with E-state index < -0.39 is 6.10 Å². The Kier molecular flexibility index (Phi) is 6.89. The Morgan fingerprint density at radius 3 is 2.64 bits per heavy atom. The van der Waals surface area contributed by atoms with Crippen LogP contribution in [-0.2, 0) is 4.79 Å². The molecule has 2 aromatic carbocycles. The second kappa shape index (κ2) is 9.68. The van der Waals surface area contributed by atoms with E-state index in [1.807, 2.05) is 53.4 Å². The number of anilines is 1. The third-order valence-electron chi connectivity index (χ3n) is 6.96. The average molecular weight is 449 g/mol. The number of hydrogen-bond acceptors (Lipinski definition) is 4. The fourth-order valence-electron chi connectivity index (χ4n) is 5.51. The molecule has 0 bridgehead atoms. The first-order chi connectivity index (χ1) is 15.9. The summed E-state index contributed by atoms with van der Waals surface area (Å²) in [5.74, 6) is 0.502. The van der Waals surface area contributed by atoms with Gasteiger partial charge in [0.1, 0.15) is 5.75 Å². The minimum atomic E-state index is -0.609. The van der Waals surface area contributed by atoms with Crippen molar-refractivity contribution in [1.82, 2.24) is 0 Å². The van der Waals surface area contributed by atoms with Crippen molar-refractivity contribution in [3.05, 3.63) is 54.1 Å². The first kappa shape index (κ1) is 23.5. The molecule has 4 rings (SSSR count). The number of ether oxygens (including phenoxy) is 1. The monoisotopic (exact) mass is 448 g/mol. The van der Waals surface area contributed by atoms with Gasteiger partial charge >= 0.3 is 0 Å². The molecule has 2 aromatic rings. The third-order valence-corrected chi connectivity index (χ3v) is 6.96. The van der Waals surface area contributed by atoms with E-state index in [-0.39, 0.29) is 23.3 Å². The topological polar surface area (TPSA) is 62.1 Å². The molecule has 33 heavy (non-hydrogen) atoms. The average Bonchev–Trinajstić information content (AvgIpc) is 2.92. The highest BCUT2D eigenvalue weighted by molar-refractivity contribution is 6.03. The molecule has 2 aliphatic rings. The molecule has 0 radical (unpaired) electrons.